The molecule has 3 aromatic rings. The number of aromatic nitrogens is 1. The van der Waals surface area contributed by atoms with E-state index in [-0.39, 0.29) is 17.9 Å². The van der Waals surface area contributed by atoms with Gasteiger partial charge in [-0.2, -0.15) is 0 Å². The zero-order chi connectivity index (χ0) is 19.5. The van der Waals surface area contributed by atoms with Gasteiger partial charge in [-0.1, -0.05) is 11.6 Å². The summed E-state index contributed by atoms with van der Waals surface area (Å²) < 4.78 is 13.6. The van der Waals surface area contributed by atoms with Gasteiger partial charge < -0.3 is 0 Å². The quantitative estimate of drug-likeness (QED) is 0.561. The van der Waals surface area contributed by atoms with Gasteiger partial charge in [-0.3, -0.25) is 19.6 Å². The summed E-state index contributed by atoms with van der Waals surface area (Å²) in [7, 11) is 0. The Balaban J connectivity index is 1.81. The minimum Gasteiger partial charge on any atom is -0.287 e. The monoisotopic (exact) mass is 415 g/mol. The lowest BCUT2D eigenvalue weighted by Gasteiger charge is -2.37. The molecule has 4 rings (SSSR count). The second-order valence-electron chi connectivity index (χ2n) is 6.68. The molecule has 0 bridgehead atoms. The van der Waals surface area contributed by atoms with Crippen LogP contribution in [0, 0.1) is 5.82 Å². The van der Waals surface area contributed by atoms with Crippen LogP contribution in [0.5, 0.6) is 0 Å². The predicted octanol–water partition coefficient (Wildman–Crippen LogP) is 5.38. The van der Waals surface area contributed by atoms with Crippen LogP contribution < -0.4 is 4.90 Å². The van der Waals surface area contributed by atoms with E-state index in [9.17, 15) is 9.18 Å². The molecule has 0 spiro atoms. The van der Waals surface area contributed by atoms with Crippen molar-refractivity contribution in [3.63, 3.8) is 0 Å². The summed E-state index contributed by atoms with van der Waals surface area (Å²) in [5.41, 5.74) is 2.95. The van der Waals surface area contributed by atoms with Crippen molar-refractivity contribution in [3.8, 4) is 0 Å². The summed E-state index contributed by atoms with van der Waals surface area (Å²) in [5.74, 6) is -0.494. The van der Waals surface area contributed by atoms with Crippen molar-refractivity contribution >= 4 is 34.5 Å². The minimum absolute atomic E-state index is 0.159. The fourth-order valence-electron chi connectivity index (χ4n) is 3.51. The van der Waals surface area contributed by atoms with Crippen LogP contribution in [0.3, 0.4) is 0 Å². The van der Waals surface area contributed by atoms with Gasteiger partial charge in [-0.25, -0.2) is 4.39 Å². The van der Waals surface area contributed by atoms with E-state index in [1.807, 2.05) is 0 Å². The number of thiazole rings is 1. The van der Waals surface area contributed by atoms with Crippen LogP contribution in [0.15, 0.2) is 60.2 Å². The topological polar surface area (TPSA) is 36.4 Å². The lowest BCUT2D eigenvalue weighted by Crippen LogP contribution is -2.43. The number of halogens is 2. The molecule has 1 aliphatic heterocycles. The molecule has 4 nitrogen and oxygen atoms in total. The second-order valence-corrected chi connectivity index (χ2v) is 8.03. The summed E-state index contributed by atoms with van der Waals surface area (Å²) in [6.45, 7) is 1.79. The number of rotatable bonds is 5. The Morgan fingerprint density at radius 1 is 1.11 bits per heavy atom. The molecular weight excluding hydrogens is 397 g/mol. The van der Waals surface area contributed by atoms with E-state index in [0.29, 0.717) is 16.3 Å². The van der Waals surface area contributed by atoms with E-state index < -0.39 is 0 Å². The minimum atomic E-state index is -0.335. The molecule has 144 valence electrons. The fourth-order valence-corrected chi connectivity index (χ4v) is 4.38. The Morgan fingerprint density at radius 3 is 2.39 bits per heavy atom. The second kappa shape index (κ2) is 8.39. The molecule has 1 aromatic heterocycles. The van der Waals surface area contributed by atoms with Crippen molar-refractivity contribution < 1.29 is 9.18 Å². The third kappa shape index (κ3) is 3.94. The molecule has 0 saturated carbocycles. The van der Waals surface area contributed by atoms with E-state index >= 15 is 0 Å². The lowest BCUT2D eigenvalue weighted by atomic mass is 10.1. The smallest absolute Gasteiger partial charge is 0.259 e. The van der Waals surface area contributed by atoms with Crippen molar-refractivity contribution in [2.24, 2.45) is 0 Å². The Labute approximate surface area is 172 Å². The molecule has 1 aliphatic rings. The third-order valence-electron chi connectivity index (χ3n) is 4.85. The standard InChI is InChI=1S/C21H19ClFN3OS/c22-16-5-3-15(4-6-16)21(27)26(18-9-7-17(23)8-10-18)20(19-13-24-14-28-19)25-11-1-2-12-25/h3-10,13-14,20H,1-2,11-12H2. The maximum atomic E-state index is 13.6. The molecule has 2 aromatic carbocycles. The van der Waals surface area contributed by atoms with Crippen LogP contribution in [-0.2, 0) is 0 Å². The molecule has 0 aliphatic carbocycles. The fraction of sp³-hybridized carbons (Fsp3) is 0.238. The highest BCUT2D eigenvalue weighted by Gasteiger charge is 2.34. The number of hydrogen-bond acceptors (Lipinski definition) is 4. The molecule has 1 amide bonds. The van der Waals surface area contributed by atoms with Gasteiger partial charge in [-0.15, -0.1) is 11.3 Å². The first kappa shape index (κ1) is 19.1. The number of nitrogens with zero attached hydrogens (tertiary/aromatic N) is 3. The highest BCUT2D eigenvalue weighted by molar-refractivity contribution is 7.09. The third-order valence-corrected chi connectivity index (χ3v) is 5.92. The van der Waals surface area contributed by atoms with Crippen molar-refractivity contribution in [3.05, 3.63) is 81.5 Å². The highest BCUT2D eigenvalue weighted by atomic mass is 35.5. The summed E-state index contributed by atoms with van der Waals surface area (Å²) >= 11 is 7.51. The van der Waals surface area contributed by atoms with Gasteiger partial charge in [0.15, 0.2) is 0 Å². The van der Waals surface area contributed by atoms with E-state index in [1.165, 1.54) is 23.5 Å². The number of benzene rings is 2. The van der Waals surface area contributed by atoms with E-state index in [0.717, 1.165) is 30.8 Å². The largest absolute Gasteiger partial charge is 0.287 e. The van der Waals surface area contributed by atoms with Crippen molar-refractivity contribution in [1.29, 1.82) is 0 Å². The van der Waals surface area contributed by atoms with Crippen molar-refractivity contribution in [2.75, 3.05) is 18.0 Å². The maximum Gasteiger partial charge on any atom is 0.259 e. The van der Waals surface area contributed by atoms with Crippen LogP contribution in [0.4, 0.5) is 10.1 Å². The SMILES string of the molecule is O=C(c1ccc(Cl)cc1)N(c1ccc(F)cc1)C(c1cncs1)N1CCCC1. The Bertz CT molecular complexity index is 925. The first-order valence-corrected chi connectivity index (χ1v) is 10.4. The molecule has 28 heavy (non-hydrogen) atoms. The molecule has 1 fully saturated rings. The molecule has 2 heterocycles. The van der Waals surface area contributed by atoms with E-state index in [4.69, 9.17) is 11.6 Å². The number of carbonyl (C=O) groups is 1. The van der Waals surface area contributed by atoms with Gasteiger partial charge in [0.2, 0.25) is 0 Å². The highest BCUT2D eigenvalue weighted by Crippen LogP contribution is 2.35. The van der Waals surface area contributed by atoms with Crippen LogP contribution in [0.25, 0.3) is 0 Å². The summed E-state index contributed by atoms with van der Waals surface area (Å²) in [6.07, 6.45) is 3.69. The Kier molecular flexibility index (Phi) is 5.71. The van der Waals surface area contributed by atoms with E-state index in [2.05, 4.69) is 9.88 Å². The normalized spacial score (nSPS) is 15.5. The van der Waals surface area contributed by atoms with Crippen LogP contribution in [-0.4, -0.2) is 28.9 Å². The number of hydrogen-bond donors (Lipinski definition) is 0. The molecule has 1 saturated heterocycles. The summed E-state index contributed by atoms with van der Waals surface area (Å²) in [4.78, 5) is 22.8. The number of anilines is 1. The van der Waals surface area contributed by atoms with Crippen LogP contribution in [0.1, 0.15) is 34.2 Å². The number of likely N-dealkylation sites (tertiary alicyclic amines) is 1. The predicted molar refractivity (Wildman–Crippen MR) is 110 cm³/mol. The summed E-state index contributed by atoms with van der Waals surface area (Å²) in [5, 5.41) is 0.573. The van der Waals surface area contributed by atoms with Gasteiger partial charge in [0, 0.05) is 35.6 Å². The first-order valence-electron chi connectivity index (χ1n) is 9.10. The molecule has 1 atom stereocenters. The zero-order valence-electron chi connectivity index (χ0n) is 15.1. The number of carbonyl (C=O) groups excluding carboxylic acids is 1. The Morgan fingerprint density at radius 2 is 1.79 bits per heavy atom. The average Bonchev–Trinajstić information content (AvgIpc) is 3.41. The first-order chi connectivity index (χ1) is 13.6. The zero-order valence-corrected chi connectivity index (χ0v) is 16.7. The van der Waals surface area contributed by atoms with Crippen LogP contribution >= 0.6 is 22.9 Å². The lowest BCUT2D eigenvalue weighted by molar-refractivity contribution is 0.0938. The molecule has 0 N–H and O–H groups in total. The van der Waals surface area contributed by atoms with Gasteiger partial charge in [-0.05, 0) is 61.4 Å². The van der Waals surface area contributed by atoms with Gasteiger partial charge in [0.25, 0.3) is 5.91 Å². The van der Waals surface area contributed by atoms with Crippen LogP contribution in [0.2, 0.25) is 5.02 Å². The molecule has 1 unspecified atom stereocenters. The van der Waals surface area contributed by atoms with Gasteiger partial charge in [0.1, 0.15) is 12.0 Å². The molecule has 0 radical (unpaired) electrons. The number of amides is 1. The van der Waals surface area contributed by atoms with Gasteiger partial charge >= 0.3 is 0 Å². The maximum absolute atomic E-state index is 13.6. The van der Waals surface area contributed by atoms with Crippen molar-refractivity contribution in [2.45, 2.75) is 19.0 Å². The van der Waals surface area contributed by atoms with Gasteiger partial charge in [0.05, 0.1) is 10.4 Å². The van der Waals surface area contributed by atoms with Crippen molar-refractivity contribution in [1.82, 2.24) is 9.88 Å². The average molecular weight is 416 g/mol. The summed E-state index contributed by atoms with van der Waals surface area (Å²) in [6, 6.07) is 12.9. The Hall–Kier alpha value is -2.28. The van der Waals surface area contributed by atoms with E-state index in [1.54, 1.807) is 53.0 Å². The molecular formula is C21H19ClFN3OS. The molecule has 7 heteroatoms.